The van der Waals surface area contributed by atoms with E-state index in [2.05, 4.69) is 50.5 Å². The zero-order valence-corrected chi connectivity index (χ0v) is 13.4. The second kappa shape index (κ2) is 8.40. The van der Waals surface area contributed by atoms with E-state index < -0.39 is 0 Å². The van der Waals surface area contributed by atoms with Crippen molar-refractivity contribution in [2.24, 2.45) is 5.84 Å². The number of ether oxygens (including phenoxy) is 1. The Bertz CT molecular complexity index is 371. The van der Waals surface area contributed by atoms with Crippen molar-refractivity contribution in [2.75, 3.05) is 6.61 Å². The molecule has 3 heteroatoms. The molecule has 114 valence electrons. The molecule has 0 spiro atoms. The van der Waals surface area contributed by atoms with Crippen LogP contribution in [0.1, 0.15) is 64.1 Å². The first-order chi connectivity index (χ1) is 9.67. The Morgan fingerprint density at radius 1 is 1.10 bits per heavy atom. The molecule has 0 heterocycles. The maximum atomic E-state index is 6.07. The number of nitrogens with one attached hydrogen (secondary N) is 1. The third-order valence-electron chi connectivity index (χ3n) is 4.17. The van der Waals surface area contributed by atoms with Crippen molar-refractivity contribution < 1.29 is 4.74 Å². The van der Waals surface area contributed by atoms with Crippen LogP contribution in [0, 0.1) is 0 Å². The summed E-state index contributed by atoms with van der Waals surface area (Å²) in [5.74, 6) is 5.84. The van der Waals surface area contributed by atoms with E-state index in [4.69, 9.17) is 10.6 Å². The van der Waals surface area contributed by atoms with Gasteiger partial charge in [-0.15, -0.1) is 0 Å². The van der Waals surface area contributed by atoms with E-state index in [-0.39, 0.29) is 11.6 Å². The smallest absolute Gasteiger partial charge is 0.0883 e. The summed E-state index contributed by atoms with van der Waals surface area (Å²) in [5, 5.41) is 0. The Labute approximate surface area is 123 Å². The minimum Gasteiger partial charge on any atom is -0.373 e. The van der Waals surface area contributed by atoms with Gasteiger partial charge in [0.1, 0.15) is 0 Å². The SMILES string of the molecule is CCCc1ccc(C(NN)C(CC)(CC)OCC)cc1. The minimum absolute atomic E-state index is 0.0214. The molecule has 1 aromatic carbocycles. The number of hydrogen-bond acceptors (Lipinski definition) is 3. The van der Waals surface area contributed by atoms with Gasteiger partial charge in [-0.1, -0.05) is 51.5 Å². The third kappa shape index (κ3) is 3.81. The van der Waals surface area contributed by atoms with E-state index in [1.807, 2.05) is 6.92 Å². The Morgan fingerprint density at radius 2 is 1.70 bits per heavy atom. The quantitative estimate of drug-likeness (QED) is 0.534. The Hall–Kier alpha value is -0.900. The van der Waals surface area contributed by atoms with Gasteiger partial charge < -0.3 is 4.74 Å². The van der Waals surface area contributed by atoms with Gasteiger partial charge in [-0.05, 0) is 37.3 Å². The van der Waals surface area contributed by atoms with Crippen LogP contribution in [-0.4, -0.2) is 12.2 Å². The Morgan fingerprint density at radius 3 is 2.10 bits per heavy atom. The summed E-state index contributed by atoms with van der Waals surface area (Å²) in [7, 11) is 0. The van der Waals surface area contributed by atoms with Crippen molar-refractivity contribution in [3.63, 3.8) is 0 Å². The molecule has 0 radical (unpaired) electrons. The minimum atomic E-state index is -0.240. The molecule has 0 aliphatic carbocycles. The van der Waals surface area contributed by atoms with Gasteiger partial charge in [-0.3, -0.25) is 11.3 Å². The van der Waals surface area contributed by atoms with E-state index in [1.54, 1.807) is 0 Å². The van der Waals surface area contributed by atoms with Crippen LogP contribution >= 0.6 is 0 Å². The monoisotopic (exact) mass is 278 g/mol. The normalized spacial score (nSPS) is 13.4. The average Bonchev–Trinajstić information content (AvgIpc) is 2.49. The number of rotatable bonds is 9. The molecule has 0 saturated heterocycles. The largest absolute Gasteiger partial charge is 0.373 e. The molecule has 0 amide bonds. The summed E-state index contributed by atoms with van der Waals surface area (Å²) >= 11 is 0. The van der Waals surface area contributed by atoms with Crippen molar-refractivity contribution in [3.8, 4) is 0 Å². The summed E-state index contributed by atoms with van der Waals surface area (Å²) in [6.07, 6.45) is 4.16. The second-order valence-electron chi connectivity index (χ2n) is 5.30. The molecule has 0 saturated carbocycles. The number of nitrogens with two attached hydrogens (primary N) is 1. The first-order valence-corrected chi connectivity index (χ1v) is 7.86. The highest BCUT2D eigenvalue weighted by Crippen LogP contribution is 2.35. The van der Waals surface area contributed by atoms with Gasteiger partial charge in [0.2, 0.25) is 0 Å². The molecule has 1 atom stereocenters. The van der Waals surface area contributed by atoms with Crippen LogP contribution in [-0.2, 0) is 11.2 Å². The fraction of sp³-hybridized carbons (Fsp3) is 0.647. The molecule has 0 aliphatic rings. The lowest BCUT2D eigenvalue weighted by atomic mass is 9.83. The fourth-order valence-electron chi connectivity index (χ4n) is 2.95. The standard InChI is InChI=1S/C17H30N2O/c1-5-9-14-10-12-15(13-11-14)16(19-18)17(6-2,7-3)20-8-4/h10-13,16,19H,5-9,18H2,1-4H3. The van der Waals surface area contributed by atoms with Crippen LogP contribution < -0.4 is 11.3 Å². The van der Waals surface area contributed by atoms with Gasteiger partial charge >= 0.3 is 0 Å². The lowest BCUT2D eigenvalue weighted by molar-refractivity contribution is -0.0734. The molecule has 1 rings (SSSR count). The molecule has 0 fully saturated rings. The predicted molar refractivity (Wildman–Crippen MR) is 85.4 cm³/mol. The zero-order valence-electron chi connectivity index (χ0n) is 13.4. The molecular weight excluding hydrogens is 248 g/mol. The fourth-order valence-corrected chi connectivity index (χ4v) is 2.95. The second-order valence-corrected chi connectivity index (χ2v) is 5.30. The highest BCUT2D eigenvalue weighted by atomic mass is 16.5. The molecular formula is C17H30N2O. The first kappa shape index (κ1) is 17.2. The number of benzene rings is 1. The highest BCUT2D eigenvalue weighted by Gasteiger charge is 2.36. The topological polar surface area (TPSA) is 47.3 Å². The Kier molecular flexibility index (Phi) is 7.20. The molecule has 1 unspecified atom stereocenters. The number of aryl methyl sites for hydroxylation is 1. The summed E-state index contributed by atoms with van der Waals surface area (Å²) < 4.78 is 6.07. The van der Waals surface area contributed by atoms with Gasteiger partial charge in [0.25, 0.3) is 0 Å². The van der Waals surface area contributed by atoms with Crippen LogP contribution in [0.15, 0.2) is 24.3 Å². The van der Waals surface area contributed by atoms with E-state index in [0.29, 0.717) is 6.61 Å². The van der Waals surface area contributed by atoms with Gasteiger partial charge in [0.05, 0.1) is 11.6 Å². The van der Waals surface area contributed by atoms with Gasteiger partial charge in [0, 0.05) is 6.61 Å². The van der Waals surface area contributed by atoms with Crippen molar-refractivity contribution in [1.82, 2.24) is 5.43 Å². The molecule has 20 heavy (non-hydrogen) atoms. The van der Waals surface area contributed by atoms with E-state index in [1.165, 1.54) is 17.5 Å². The molecule has 3 N–H and O–H groups in total. The molecule has 1 aromatic rings. The van der Waals surface area contributed by atoms with Crippen LogP contribution in [0.25, 0.3) is 0 Å². The van der Waals surface area contributed by atoms with Crippen molar-refractivity contribution in [2.45, 2.75) is 65.0 Å². The summed E-state index contributed by atoms with van der Waals surface area (Å²) in [4.78, 5) is 0. The molecule has 0 bridgehead atoms. The van der Waals surface area contributed by atoms with Crippen molar-refractivity contribution >= 4 is 0 Å². The summed E-state index contributed by atoms with van der Waals surface area (Å²) in [6.45, 7) is 9.27. The van der Waals surface area contributed by atoms with Crippen molar-refractivity contribution in [1.29, 1.82) is 0 Å². The number of hydrogen-bond donors (Lipinski definition) is 2. The van der Waals surface area contributed by atoms with Crippen molar-refractivity contribution in [3.05, 3.63) is 35.4 Å². The van der Waals surface area contributed by atoms with E-state index in [0.717, 1.165) is 19.3 Å². The lowest BCUT2D eigenvalue weighted by Gasteiger charge is -2.39. The zero-order chi connectivity index (χ0) is 15.0. The predicted octanol–water partition coefficient (Wildman–Crippen LogP) is 3.74. The van der Waals surface area contributed by atoms with Crippen LogP contribution in [0.4, 0.5) is 0 Å². The molecule has 0 aromatic heterocycles. The van der Waals surface area contributed by atoms with Crippen LogP contribution in [0.3, 0.4) is 0 Å². The molecule has 0 aliphatic heterocycles. The summed E-state index contributed by atoms with van der Waals surface area (Å²) in [5.41, 5.74) is 5.31. The average molecular weight is 278 g/mol. The van der Waals surface area contributed by atoms with Gasteiger partial charge in [-0.25, -0.2) is 0 Å². The number of hydrazine groups is 1. The van der Waals surface area contributed by atoms with Gasteiger partial charge in [0.15, 0.2) is 0 Å². The third-order valence-corrected chi connectivity index (χ3v) is 4.17. The Balaban J connectivity index is 3.03. The maximum Gasteiger partial charge on any atom is 0.0883 e. The maximum absolute atomic E-state index is 6.07. The van der Waals surface area contributed by atoms with Crippen LogP contribution in [0.2, 0.25) is 0 Å². The van der Waals surface area contributed by atoms with E-state index >= 15 is 0 Å². The van der Waals surface area contributed by atoms with Crippen LogP contribution in [0.5, 0.6) is 0 Å². The molecule has 3 nitrogen and oxygen atoms in total. The highest BCUT2D eigenvalue weighted by molar-refractivity contribution is 5.27. The lowest BCUT2D eigenvalue weighted by Crippen LogP contribution is -2.48. The van der Waals surface area contributed by atoms with Gasteiger partial charge in [-0.2, -0.15) is 0 Å². The van der Waals surface area contributed by atoms with E-state index in [9.17, 15) is 0 Å². The summed E-state index contributed by atoms with van der Waals surface area (Å²) in [6, 6.07) is 8.77. The first-order valence-electron chi connectivity index (χ1n) is 7.86.